The summed E-state index contributed by atoms with van der Waals surface area (Å²) in [5, 5.41) is 18.5. The molecule has 0 saturated carbocycles. The third-order valence-electron chi connectivity index (χ3n) is 5.70. The van der Waals surface area contributed by atoms with Crippen LogP contribution in [-0.2, 0) is 24.5 Å². The van der Waals surface area contributed by atoms with Crippen LogP contribution < -0.4 is 9.47 Å². The molecule has 0 unspecified atom stereocenters. The second-order valence-electron chi connectivity index (χ2n) is 8.70. The topological polar surface area (TPSA) is 112 Å². The summed E-state index contributed by atoms with van der Waals surface area (Å²) < 4.78 is 21.3. The lowest BCUT2D eigenvalue weighted by Gasteiger charge is -2.26. The Kier molecular flexibility index (Phi) is 11.5. The van der Waals surface area contributed by atoms with Crippen molar-refractivity contribution in [2.24, 2.45) is 0 Å². The molecular formula is C29H36O8. The number of benzene rings is 2. The average Bonchev–Trinajstić information content (AvgIpc) is 2.91. The normalized spacial score (nSPS) is 12.1. The molecule has 0 amide bonds. The van der Waals surface area contributed by atoms with Crippen LogP contribution in [0.4, 0.5) is 0 Å². The first-order chi connectivity index (χ1) is 17.7. The molecule has 0 heterocycles. The summed E-state index contributed by atoms with van der Waals surface area (Å²) in [6.45, 7) is 8.49. The molecule has 0 aliphatic heterocycles. The summed E-state index contributed by atoms with van der Waals surface area (Å²) in [5.74, 6) is -0.833. The largest absolute Gasteiger partial charge is 0.502 e. The van der Waals surface area contributed by atoms with Crippen molar-refractivity contribution < 1.29 is 38.7 Å². The van der Waals surface area contributed by atoms with E-state index in [1.54, 1.807) is 13.8 Å². The smallest absolute Gasteiger partial charge is 0.373 e. The van der Waals surface area contributed by atoms with Crippen LogP contribution in [0.2, 0.25) is 0 Å². The minimum Gasteiger partial charge on any atom is -0.502 e. The number of esters is 2. The number of carbonyl (C=O) groups excluding carboxylic acids is 2. The third-order valence-corrected chi connectivity index (χ3v) is 5.70. The molecule has 0 atom stereocenters. The number of carbonyl (C=O) groups is 2. The lowest BCUT2D eigenvalue weighted by molar-refractivity contribution is -0.143. The zero-order valence-electron chi connectivity index (χ0n) is 21.9. The van der Waals surface area contributed by atoms with E-state index in [1.165, 1.54) is 12.2 Å². The van der Waals surface area contributed by atoms with Crippen molar-refractivity contribution in [1.29, 1.82) is 0 Å². The van der Waals surface area contributed by atoms with Crippen LogP contribution in [0.1, 0.15) is 51.7 Å². The van der Waals surface area contributed by atoms with Crippen LogP contribution in [0, 0.1) is 0 Å². The first-order valence-electron chi connectivity index (χ1n) is 12.2. The van der Waals surface area contributed by atoms with Crippen LogP contribution in [-0.4, -0.2) is 48.6 Å². The fourth-order valence-corrected chi connectivity index (χ4v) is 3.31. The summed E-state index contributed by atoms with van der Waals surface area (Å²) >= 11 is 0. The van der Waals surface area contributed by atoms with Crippen LogP contribution in [0.15, 0.2) is 72.2 Å². The van der Waals surface area contributed by atoms with Gasteiger partial charge in [0.05, 0.1) is 26.4 Å². The Hall–Kier alpha value is -3.94. The fraction of sp³-hybridized carbons (Fsp3) is 0.379. The van der Waals surface area contributed by atoms with Crippen molar-refractivity contribution in [2.75, 3.05) is 26.4 Å². The van der Waals surface area contributed by atoms with Crippen molar-refractivity contribution >= 4 is 11.9 Å². The first-order valence-corrected chi connectivity index (χ1v) is 12.2. The molecule has 8 nitrogen and oxygen atoms in total. The predicted molar refractivity (Wildman–Crippen MR) is 140 cm³/mol. The van der Waals surface area contributed by atoms with E-state index < -0.39 is 23.5 Å². The number of aliphatic hydroxyl groups excluding tert-OH is 2. The number of hydrogen-bond acceptors (Lipinski definition) is 8. The molecule has 0 saturated heterocycles. The Balaban J connectivity index is 1.79. The monoisotopic (exact) mass is 512 g/mol. The van der Waals surface area contributed by atoms with Crippen LogP contribution in [0.5, 0.6) is 11.5 Å². The molecule has 8 heteroatoms. The van der Waals surface area contributed by atoms with Gasteiger partial charge in [0.2, 0.25) is 0 Å². The maximum Gasteiger partial charge on any atom is 0.373 e. The minimum atomic E-state index is -0.737. The van der Waals surface area contributed by atoms with E-state index in [0.29, 0.717) is 26.1 Å². The van der Waals surface area contributed by atoms with Crippen molar-refractivity contribution in [3.63, 3.8) is 0 Å². The number of aliphatic hydroxyl groups is 2. The van der Waals surface area contributed by atoms with Gasteiger partial charge in [-0.15, -0.1) is 0 Å². The molecule has 0 radical (unpaired) electrons. The second-order valence-corrected chi connectivity index (χ2v) is 8.70. The van der Waals surface area contributed by atoms with E-state index in [2.05, 4.69) is 13.8 Å². The van der Waals surface area contributed by atoms with Crippen LogP contribution in [0.25, 0.3) is 0 Å². The van der Waals surface area contributed by atoms with Gasteiger partial charge >= 0.3 is 11.9 Å². The zero-order chi connectivity index (χ0) is 27.3. The highest BCUT2D eigenvalue weighted by Crippen LogP contribution is 2.33. The summed E-state index contributed by atoms with van der Waals surface area (Å²) in [7, 11) is 0. The van der Waals surface area contributed by atoms with E-state index in [1.807, 2.05) is 48.5 Å². The highest BCUT2D eigenvalue weighted by Gasteiger charge is 2.23. The molecule has 0 spiro atoms. The maximum absolute atomic E-state index is 11.4. The van der Waals surface area contributed by atoms with Gasteiger partial charge in [0.15, 0.2) is 11.5 Å². The maximum atomic E-state index is 11.4. The molecule has 2 rings (SSSR count). The number of rotatable bonds is 14. The SMILES string of the molecule is CC=C(O)C(=O)OCCCOc1ccc(C(C)(C)c2ccc(OCCCOC(=O)C(O)=CC)cc2)cc1. The Labute approximate surface area is 218 Å². The molecule has 0 aliphatic carbocycles. The molecule has 0 aromatic heterocycles. The average molecular weight is 513 g/mol. The number of allylic oxidation sites excluding steroid dienone is 2. The van der Waals surface area contributed by atoms with Crippen molar-refractivity contribution in [1.82, 2.24) is 0 Å². The summed E-state index contributed by atoms with van der Waals surface area (Å²) in [6, 6.07) is 15.7. The zero-order valence-corrected chi connectivity index (χ0v) is 21.9. The van der Waals surface area contributed by atoms with Crippen molar-refractivity contribution in [3.8, 4) is 11.5 Å². The molecule has 0 bridgehead atoms. The van der Waals surface area contributed by atoms with Gasteiger partial charge in [-0.05, 0) is 61.4 Å². The van der Waals surface area contributed by atoms with E-state index in [-0.39, 0.29) is 18.6 Å². The lowest BCUT2D eigenvalue weighted by Crippen LogP contribution is -2.18. The summed E-state index contributed by atoms with van der Waals surface area (Å²) in [6.07, 6.45) is 3.59. The first kappa shape index (κ1) is 29.3. The molecule has 2 aromatic rings. The molecule has 37 heavy (non-hydrogen) atoms. The van der Waals surface area contributed by atoms with Gasteiger partial charge < -0.3 is 29.2 Å². The van der Waals surface area contributed by atoms with Gasteiger partial charge in [-0.25, -0.2) is 9.59 Å². The molecule has 2 aromatic carbocycles. The highest BCUT2D eigenvalue weighted by molar-refractivity contribution is 5.85. The Morgan fingerprint density at radius 3 is 1.35 bits per heavy atom. The molecule has 200 valence electrons. The Bertz CT molecular complexity index is 981. The minimum absolute atomic E-state index is 0.163. The molecule has 2 N–H and O–H groups in total. The quantitative estimate of drug-likeness (QED) is 0.146. The second kappa shape index (κ2) is 14.6. The van der Waals surface area contributed by atoms with Crippen LogP contribution >= 0.6 is 0 Å². The Morgan fingerprint density at radius 2 is 1.03 bits per heavy atom. The van der Waals surface area contributed by atoms with E-state index in [0.717, 1.165) is 22.6 Å². The molecular weight excluding hydrogens is 476 g/mol. The third kappa shape index (κ3) is 9.22. The van der Waals surface area contributed by atoms with E-state index >= 15 is 0 Å². The lowest BCUT2D eigenvalue weighted by atomic mass is 9.78. The van der Waals surface area contributed by atoms with E-state index in [9.17, 15) is 19.8 Å². The Morgan fingerprint density at radius 1 is 0.676 bits per heavy atom. The standard InChI is InChI=1S/C29H36O8/c1-5-25(30)27(32)36-19-7-17-34-23-13-9-21(10-14-23)29(3,4)22-11-15-24(16-12-22)35-18-8-20-37-28(33)26(31)6-2/h5-6,9-16,30-31H,7-8,17-20H2,1-4H3. The molecule has 0 fully saturated rings. The fourth-order valence-electron chi connectivity index (χ4n) is 3.31. The van der Waals surface area contributed by atoms with Crippen LogP contribution in [0.3, 0.4) is 0 Å². The number of hydrogen-bond donors (Lipinski definition) is 2. The van der Waals surface area contributed by atoms with Gasteiger partial charge in [0.1, 0.15) is 11.5 Å². The summed E-state index contributed by atoms with van der Waals surface area (Å²) in [4.78, 5) is 22.8. The number of ether oxygens (including phenoxy) is 4. The van der Waals surface area contributed by atoms with E-state index in [4.69, 9.17) is 18.9 Å². The van der Waals surface area contributed by atoms with Gasteiger partial charge in [0, 0.05) is 18.3 Å². The van der Waals surface area contributed by atoms with Gasteiger partial charge in [-0.1, -0.05) is 38.1 Å². The van der Waals surface area contributed by atoms with Crippen molar-refractivity contribution in [3.05, 3.63) is 83.3 Å². The predicted octanol–water partition coefficient (Wildman–Crippen LogP) is 5.56. The van der Waals surface area contributed by atoms with Gasteiger partial charge in [-0.2, -0.15) is 0 Å². The van der Waals surface area contributed by atoms with Gasteiger partial charge in [0.25, 0.3) is 0 Å². The molecule has 0 aliphatic rings. The van der Waals surface area contributed by atoms with Crippen molar-refractivity contribution in [2.45, 2.75) is 46.0 Å². The highest BCUT2D eigenvalue weighted by atomic mass is 16.6. The van der Waals surface area contributed by atoms with Gasteiger partial charge in [-0.3, -0.25) is 0 Å². The summed E-state index contributed by atoms with van der Waals surface area (Å²) in [5.41, 5.74) is 1.99.